The van der Waals surface area contributed by atoms with Crippen LogP contribution in [-0.4, -0.2) is 37.6 Å². The zero-order valence-electron chi connectivity index (χ0n) is 13.1. The van der Waals surface area contributed by atoms with Crippen molar-refractivity contribution in [2.24, 2.45) is 0 Å². The third kappa shape index (κ3) is 4.53. The van der Waals surface area contributed by atoms with Gasteiger partial charge in [-0.3, -0.25) is 9.59 Å². The molecule has 122 valence electrons. The van der Waals surface area contributed by atoms with E-state index in [1.807, 2.05) is 6.92 Å². The molecule has 0 aliphatic carbocycles. The highest BCUT2D eigenvalue weighted by Gasteiger charge is 2.16. The Hall–Kier alpha value is -2.41. The van der Waals surface area contributed by atoms with Gasteiger partial charge in [-0.15, -0.1) is 11.3 Å². The molecule has 0 spiro atoms. The average molecular weight is 335 g/mol. The van der Waals surface area contributed by atoms with Crippen LogP contribution in [0.5, 0.6) is 11.5 Å². The molecule has 0 unspecified atom stereocenters. The molecule has 7 heteroatoms. The maximum atomic E-state index is 12.2. The van der Waals surface area contributed by atoms with E-state index in [9.17, 15) is 9.59 Å². The van der Waals surface area contributed by atoms with Crippen LogP contribution in [0.2, 0.25) is 0 Å². The summed E-state index contributed by atoms with van der Waals surface area (Å²) < 4.78 is 15.3. The van der Waals surface area contributed by atoms with Crippen molar-refractivity contribution in [3.63, 3.8) is 0 Å². The monoisotopic (exact) mass is 335 g/mol. The third-order valence-corrected chi connectivity index (χ3v) is 3.89. The highest BCUT2D eigenvalue weighted by Crippen LogP contribution is 2.25. The Kier molecular flexibility index (Phi) is 5.70. The van der Waals surface area contributed by atoms with Crippen LogP contribution in [0, 0.1) is 6.92 Å². The molecular weight excluding hydrogens is 318 g/mol. The van der Waals surface area contributed by atoms with Crippen molar-refractivity contribution in [2.45, 2.75) is 13.3 Å². The summed E-state index contributed by atoms with van der Waals surface area (Å²) in [4.78, 5) is 28.1. The van der Waals surface area contributed by atoms with Crippen LogP contribution in [-0.2, 0) is 16.0 Å². The molecule has 2 aromatic rings. The highest BCUT2D eigenvalue weighted by atomic mass is 32.1. The average Bonchev–Trinajstić information content (AvgIpc) is 2.96. The highest BCUT2D eigenvalue weighted by molar-refractivity contribution is 7.09. The molecule has 0 fully saturated rings. The molecule has 0 bridgehead atoms. The van der Waals surface area contributed by atoms with Crippen molar-refractivity contribution in [3.8, 4) is 11.5 Å². The molecule has 0 amide bonds. The van der Waals surface area contributed by atoms with Gasteiger partial charge in [0.15, 0.2) is 6.61 Å². The summed E-state index contributed by atoms with van der Waals surface area (Å²) in [7, 11) is 2.99. The van der Waals surface area contributed by atoms with Crippen molar-refractivity contribution in [1.29, 1.82) is 0 Å². The fourth-order valence-corrected chi connectivity index (χ4v) is 2.55. The zero-order chi connectivity index (χ0) is 16.8. The molecule has 0 aliphatic rings. The first-order valence-electron chi connectivity index (χ1n) is 6.85. The zero-order valence-corrected chi connectivity index (χ0v) is 13.9. The van der Waals surface area contributed by atoms with E-state index < -0.39 is 5.97 Å². The Labute approximate surface area is 138 Å². The van der Waals surface area contributed by atoms with E-state index in [4.69, 9.17) is 14.2 Å². The summed E-state index contributed by atoms with van der Waals surface area (Å²) in [5.74, 6) is 0.123. The van der Waals surface area contributed by atoms with Gasteiger partial charge < -0.3 is 14.2 Å². The first kappa shape index (κ1) is 17.0. The minimum absolute atomic E-state index is 0.0529. The van der Waals surface area contributed by atoms with Crippen molar-refractivity contribution in [2.75, 3.05) is 20.8 Å². The van der Waals surface area contributed by atoms with Crippen molar-refractivity contribution >= 4 is 23.1 Å². The van der Waals surface area contributed by atoms with E-state index in [0.29, 0.717) is 22.8 Å². The molecule has 0 saturated carbocycles. The molecule has 0 radical (unpaired) electrons. The molecule has 23 heavy (non-hydrogen) atoms. The molecular formula is C16H17NO5S. The Morgan fingerprint density at radius 3 is 2.61 bits per heavy atom. The molecule has 2 rings (SSSR count). The maximum Gasteiger partial charge on any atom is 0.312 e. The Bertz CT molecular complexity index is 710. The van der Waals surface area contributed by atoms with Gasteiger partial charge in [0.25, 0.3) is 0 Å². The number of Topliss-reactive ketones (excluding diaryl/α,β-unsaturated/α-hetero) is 1. The van der Waals surface area contributed by atoms with Crippen LogP contribution in [0.4, 0.5) is 0 Å². The quantitative estimate of drug-likeness (QED) is 0.571. The topological polar surface area (TPSA) is 74.7 Å². The molecule has 0 atom stereocenters. The first-order chi connectivity index (χ1) is 11.0. The first-order valence-corrected chi connectivity index (χ1v) is 7.73. The van der Waals surface area contributed by atoms with E-state index >= 15 is 0 Å². The molecule has 0 aliphatic heterocycles. The van der Waals surface area contributed by atoms with Gasteiger partial charge in [-0.2, -0.15) is 0 Å². The van der Waals surface area contributed by atoms with Crippen LogP contribution in [0.1, 0.15) is 21.1 Å². The van der Waals surface area contributed by atoms with E-state index in [1.54, 1.807) is 23.6 Å². The number of benzene rings is 1. The smallest absolute Gasteiger partial charge is 0.312 e. The largest absolute Gasteiger partial charge is 0.497 e. The van der Waals surface area contributed by atoms with Gasteiger partial charge >= 0.3 is 5.97 Å². The molecule has 0 N–H and O–H groups in total. The summed E-state index contributed by atoms with van der Waals surface area (Å²) in [6.45, 7) is 1.52. The number of carbonyl (C=O) groups is 2. The Balaban J connectivity index is 1.95. The summed E-state index contributed by atoms with van der Waals surface area (Å²) in [5, 5.41) is 2.68. The number of aryl methyl sites for hydroxylation is 1. The Morgan fingerprint density at radius 1 is 1.22 bits per heavy atom. The number of carbonyl (C=O) groups excluding carboxylic acids is 2. The van der Waals surface area contributed by atoms with Gasteiger partial charge in [0.05, 0.1) is 36.9 Å². The predicted molar refractivity (Wildman–Crippen MR) is 85.4 cm³/mol. The molecule has 1 heterocycles. The van der Waals surface area contributed by atoms with Crippen LogP contribution < -0.4 is 9.47 Å². The van der Waals surface area contributed by atoms with Gasteiger partial charge in [0.2, 0.25) is 5.78 Å². The lowest BCUT2D eigenvalue weighted by molar-refractivity contribution is -0.141. The number of ketones is 1. The maximum absolute atomic E-state index is 12.2. The Morgan fingerprint density at radius 2 is 2.00 bits per heavy atom. The van der Waals surface area contributed by atoms with Gasteiger partial charge in [-0.25, -0.2) is 4.98 Å². The van der Waals surface area contributed by atoms with Gasteiger partial charge in [0.1, 0.15) is 11.5 Å². The van der Waals surface area contributed by atoms with Gasteiger partial charge in [-0.1, -0.05) is 0 Å². The fraction of sp³-hybridized carbons (Fsp3) is 0.312. The standard InChI is InChI=1S/C16H17NO5S/c1-10-17-11(9-23-10)6-16(19)22-8-14(18)13-5-4-12(20-2)7-15(13)21-3/h4-5,7,9H,6,8H2,1-3H3. The van der Waals surface area contributed by atoms with E-state index in [-0.39, 0.29) is 18.8 Å². The number of methoxy groups -OCH3 is 2. The molecule has 1 aromatic heterocycles. The van der Waals surface area contributed by atoms with Gasteiger partial charge in [0, 0.05) is 11.4 Å². The fourth-order valence-electron chi connectivity index (χ4n) is 1.94. The number of thiazole rings is 1. The summed E-state index contributed by atoms with van der Waals surface area (Å²) in [5.41, 5.74) is 0.984. The number of ether oxygens (including phenoxy) is 3. The SMILES string of the molecule is COc1ccc(C(=O)COC(=O)Cc2csc(C)n2)c(OC)c1. The lowest BCUT2D eigenvalue weighted by Crippen LogP contribution is -2.16. The summed E-state index contributed by atoms with van der Waals surface area (Å²) in [6, 6.07) is 4.83. The van der Waals surface area contributed by atoms with Crippen LogP contribution >= 0.6 is 11.3 Å². The second-order valence-electron chi connectivity index (χ2n) is 4.68. The number of esters is 1. The van der Waals surface area contributed by atoms with Crippen LogP contribution in [0.3, 0.4) is 0 Å². The normalized spacial score (nSPS) is 10.2. The number of aromatic nitrogens is 1. The minimum atomic E-state index is -0.490. The minimum Gasteiger partial charge on any atom is -0.497 e. The third-order valence-electron chi connectivity index (χ3n) is 3.07. The summed E-state index contributed by atoms with van der Waals surface area (Å²) >= 11 is 1.46. The van der Waals surface area contributed by atoms with Gasteiger partial charge in [-0.05, 0) is 19.1 Å². The second kappa shape index (κ2) is 7.73. The lowest BCUT2D eigenvalue weighted by atomic mass is 10.1. The molecule has 1 aromatic carbocycles. The molecule has 0 saturated heterocycles. The molecule has 6 nitrogen and oxygen atoms in total. The lowest BCUT2D eigenvalue weighted by Gasteiger charge is -2.09. The van der Waals surface area contributed by atoms with Crippen molar-refractivity contribution < 1.29 is 23.8 Å². The second-order valence-corrected chi connectivity index (χ2v) is 5.75. The van der Waals surface area contributed by atoms with Crippen molar-refractivity contribution in [3.05, 3.63) is 39.8 Å². The van der Waals surface area contributed by atoms with Crippen molar-refractivity contribution in [1.82, 2.24) is 4.98 Å². The van der Waals surface area contributed by atoms with E-state index in [2.05, 4.69) is 4.98 Å². The number of rotatable bonds is 7. The van der Waals surface area contributed by atoms with Crippen LogP contribution in [0.25, 0.3) is 0 Å². The number of hydrogen-bond donors (Lipinski definition) is 0. The van der Waals surface area contributed by atoms with E-state index in [1.165, 1.54) is 25.6 Å². The number of nitrogens with zero attached hydrogens (tertiary/aromatic N) is 1. The van der Waals surface area contributed by atoms with Crippen LogP contribution in [0.15, 0.2) is 23.6 Å². The number of hydrogen-bond acceptors (Lipinski definition) is 7. The summed E-state index contributed by atoms with van der Waals surface area (Å²) in [6.07, 6.45) is 0.0529. The predicted octanol–water partition coefficient (Wildman–Crippen LogP) is 2.44. The van der Waals surface area contributed by atoms with E-state index in [0.717, 1.165) is 5.01 Å².